The molecule has 0 atom stereocenters. The fourth-order valence-corrected chi connectivity index (χ4v) is 4.23. The van der Waals surface area contributed by atoms with Gasteiger partial charge >= 0.3 is 0 Å². The molecule has 1 amide bonds. The van der Waals surface area contributed by atoms with Crippen molar-refractivity contribution in [2.24, 2.45) is 5.92 Å². The zero-order valence-corrected chi connectivity index (χ0v) is 14.5. The zero-order chi connectivity index (χ0) is 16.1. The third-order valence-electron chi connectivity index (χ3n) is 4.52. The van der Waals surface area contributed by atoms with Crippen LogP contribution >= 0.6 is 11.3 Å². The largest absolute Gasteiger partial charge is 0.351 e. The topological polar surface area (TPSA) is 42.0 Å². The molecular formula is C19H24N2OS. The third-order valence-corrected chi connectivity index (χ3v) is 5.68. The molecule has 1 fully saturated rings. The van der Waals surface area contributed by atoms with Crippen LogP contribution in [0.25, 0.3) is 0 Å². The smallest absolute Gasteiger partial charge is 0.263 e. The molecular weight excluding hydrogens is 304 g/mol. The molecule has 3 nitrogen and oxygen atoms in total. The molecule has 1 aliphatic carbocycles. The Hall–Kier alpha value is -1.68. The van der Waals surface area contributed by atoms with E-state index in [1.807, 2.05) is 25.1 Å². The van der Waals surface area contributed by atoms with Gasteiger partial charge in [-0.1, -0.05) is 49.6 Å². The first-order chi connectivity index (χ1) is 11.2. The predicted molar refractivity (Wildman–Crippen MR) is 95.0 cm³/mol. The van der Waals surface area contributed by atoms with Gasteiger partial charge < -0.3 is 5.32 Å². The van der Waals surface area contributed by atoms with Gasteiger partial charge in [0.15, 0.2) is 0 Å². The van der Waals surface area contributed by atoms with Crippen LogP contribution in [0.5, 0.6) is 0 Å². The molecule has 3 rings (SSSR count). The first-order valence-corrected chi connectivity index (χ1v) is 9.32. The molecule has 1 aromatic heterocycles. The maximum Gasteiger partial charge on any atom is 0.263 e. The molecule has 1 N–H and O–H groups in total. The molecule has 0 radical (unpaired) electrons. The lowest BCUT2D eigenvalue weighted by molar-refractivity contribution is 0.0947. The number of amides is 1. The van der Waals surface area contributed by atoms with E-state index in [0.29, 0.717) is 5.92 Å². The summed E-state index contributed by atoms with van der Waals surface area (Å²) < 4.78 is 0. The lowest BCUT2D eigenvalue weighted by Gasteiger charge is -2.21. The van der Waals surface area contributed by atoms with Crippen molar-refractivity contribution >= 4 is 17.2 Å². The fourth-order valence-electron chi connectivity index (χ4n) is 3.22. The van der Waals surface area contributed by atoms with E-state index < -0.39 is 0 Å². The van der Waals surface area contributed by atoms with Crippen LogP contribution in [0.4, 0.5) is 0 Å². The molecule has 122 valence electrons. The third kappa shape index (κ3) is 4.41. The van der Waals surface area contributed by atoms with Crippen LogP contribution in [0.1, 0.15) is 58.0 Å². The van der Waals surface area contributed by atoms with Gasteiger partial charge in [-0.2, -0.15) is 0 Å². The lowest BCUT2D eigenvalue weighted by Crippen LogP contribution is -2.30. The summed E-state index contributed by atoms with van der Waals surface area (Å²) in [5.74, 6) is 0.703. The Balaban J connectivity index is 1.59. The van der Waals surface area contributed by atoms with Crippen LogP contribution in [0, 0.1) is 12.8 Å². The molecule has 4 heteroatoms. The standard InChI is InChI=1S/C19H24N2OS/c1-14-18(19(22)20-13-16-10-6-3-7-11-16)23-17(21-14)12-15-8-4-2-5-9-15/h2,4-5,8-9,16H,3,6-7,10-13H2,1H3,(H,20,22). The van der Waals surface area contributed by atoms with Crippen molar-refractivity contribution in [2.75, 3.05) is 6.54 Å². The molecule has 1 aromatic carbocycles. The first-order valence-electron chi connectivity index (χ1n) is 8.51. The van der Waals surface area contributed by atoms with Crippen LogP contribution in [-0.2, 0) is 6.42 Å². The second-order valence-electron chi connectivity index (χ2n) is 6.40. The molecule has 1 aliphatic rings. The maximum atomic E-state index is 12.4. The molecule has 1 saturated carbocycles. The van der Waals surface area contributed by atoms with Crippen molar-refractivity contribution in [1.29, 1.82) is 0 Å². The average Bonchev–Trinajstić information content (AvgIpc) is 2.95. The highest BCUT2D eigenvalue weighted by molar-refractivity contribution is 7.13. The molecule has 1 heterocycles. The molecule has 2 aromatic rings. The van der Waals surface area contributed by atoms with E-state index in [9.17, 15) is 4.79 Å². The summed E-state index contributed by atoms with van der Waals surface area (Å²) in [6.07, 6.45) is 7.26. The zero-order valence-electron chi connectivity index (χ0n) is 13.7. The second-order valence-corrected chi connectivity index (χ2v) is 7.48. The summed E-state index contributed by atoms with van der Waals surface area (Å²) in [6, 6.07) is 10.3. The van der Waals surface area contributed by atoms with Gasteiger partial charge in [0.2, 0.25) is 0 Å². The van der Waals surface area contributed by atoms with E-state index in [-0.39, 0.29) is 5.91 Å². The molecule has 0 unspecified atom stereocenters. The monoisotopic (exact) mass is 328 g/mol. The SMILES string of the molecule is Cc1nc(Cc2ccccc2)sc1C(=O)NCC1CCCCC1. The number of hydrogen-bond acceptors (Lipinski definition) is 3. The van der Waals surface area contributed by atoms with Gasteiger partial charge in [-0.3, -0.25) is 4.79 Å². The molecule has 0 aliphatic heterocycles. The van der Waals surface area contributed by atoms with Gasteiger partial charge in [0, 0.05) is 13.0 Å². The average molecular weight is 328 g/mol. The van der Waals surface area contributed by atoms with Gasteiger partial charge in [0.05, 0.1) is 10.7 Å². The van der Waals surface area contributed by atoms with Gasteiger partial charge in [0.1, 0.15) is 4.88 Å². The molecule has 0 bridgehead atoms. The Bertz CT molecular complexity index is 645. The predicted octanol–water partition coefficient (Wildman–Crippen LogP) is 4.35. The minimum atomic E-state index is 0.0462. The van der Waals surface area contributed by atoms with Crippen molar-refractivity contribution in [3.8, 4) is 0 Å². The summed E-state index contributed by atoms with van der Waals surface area (Å²) in [5, 5.41) is 4.13. The first kappa shape index (κ1) is 16.2. The Morgan fingerprint density at radius 1 is 1.22 bits per heavy atom. The summed E-state index contributed by atoms with van der Waals surface area (Å²) >= 11 is 1.53. The Labute approximate surface area is 142 Å². The van der Waals surface area contributed by atoms with Crippen molar-refractivity contribution in [3.63, 3.8) is 0 Å². The number of carbonyl (C=O) groups excluding carboxylic acids is 1. The number of aromatic nitrogens is 1. The van der Waals surface area contributed by atoms with Crippen LogP contribution in [0.15, 0.2) is 30.3 Å². The Morgan fingerprint density at radius 3 is 2.70 bits per heavy atom. The number of hydrogen-bond donors (Lipinski definition) is 1. The van der Waals surface area contributed by atoms with E-state index in [1.54, 1.807) is 0 Å². The number of aryl methyl sites for hydroxylation is 1. The second kappa shape index (κ2) is 7.73. The van der Waals surface area contributed by atoms with Crippen LogP contribution in [-0.4, -0.2) is 17.4 Å². The number of rotatable bonds is 5. The Morgan fingerprint density at radius 2 is 1.96 bits per heavy atom. The van der Waals surface area contributed by atoms with E-state index in [4.69, 9.17) is 0 Å². The van der Waals surface area contributed by atoms with Gasteiger partial charge in [-0.15, -0.1) is 11.3 Å². The fraction of sp³-hybridized carbons (Fsp3) is 0.474. The van der Waals surface area contributed by atoms with Gasteiger partial charge in [-0.05, 0) is 31.2 Å². The van der Waals surface area contributed by atoms with E-state index >= 15 is 0 Å². The van der Waals surface area contributed by atoms with E-state index in [1.165, 1.54) is 49.0 Å². The van der Waals surface area contributed by atoms with Crippen molar-refractivity contribution < 1.29 is 4.79 Å². The lowest BCUT2D eigenvalue weighted by atomic mass is 9.89. The summed E-state index contributed by atoms with van der Waals surface area (Å²) in [5.41, 5.74) is 2.08. The minimum absolute atomic E-state index is 0.0462. The molecule has 0 spiro atoms. The molecule has 23 heavy (non-hydrogen) atoms. The highest BCUT2D eigenvalue weighted by Crippen LogP contribution is 2.24. The maximum absolute atomic E-state index is 12.4. The highest BCUT2D eigenvalue weighted by Gasteiger charge is 2.18. The normalized spacial score (nSPS) is 15.5. The van der Waals surface area contributed by atoms with Crippen LogP contribution < -0.4 is 5.32 Å². The molecule has 0 saturated heterocycles. The summed E-state index contributed by atoms with van der Waals surface area (Å²) in [6.45, 7) is 2.74. The van der Waals surface area contributed by atoms with E-state index in [2.05, 4.69) is 22.4 Å². The van der Waals surface area contributed by atoms with Gasteiger partial charge in [-0.25, -0.2) is 4.98 Å². The number of benzene rings is 1. The Kier molecular flexibility index (Phi) is 5.44. The van der Waals surface area contributed by atoms with E-state index in [0.717, 1.165) is 28.5 Å². The van der Waals surface area contributed by atoms with Crippen molar-refractivity contribution in [3.05, 3.63) is 51.5 Å². The van der Waals surface area contributed by atoms with Gasteiger partial charge in [0.25, 0.3) is 5.91 Å². The summed E-state index contributed by atoms with van der Waals surface area (Å²) in [7, 11) is 0. The number of thiazole rings is 1. The van der Waals surface area contributed by atoms with Crippen LogP contribution in [0.3, 0.4) is 0 Å². The van der Waals surface area contributed by atoms with Crippen molar-refractivity contribution in [1.82, 2.24) is 10.3 Å². The highest BCUT2D eigenvalue weighted by atomic mass is 32.1. The summed E-state index contributed by atoms with van der Waals surface area (Å²) in [4.78, 5) is 17.8. The van der Waals surface area contributed by atoms with Crippen molar-refractivity contribution in [2.45, 2.75) is 45.4 Å². The number of nitrogens with one attached hydrogen (secondary N) is 1. The number of nitrogens with zero attached hydrogens (tertiary/aromatic N) is 1. The van der Waals surface area contributed by atoms with Crippen LogP contribution in [0.2, 0.25) is 0 Å². The quantitative estimate of drug-likeness (QED) is 0.886. The number of carbonyl (C=O) groups is 1. The minimum Gasteiger partial charge on any atom is -0.351 e.